The van der Waals surface area contributed by atoms with Crippen molar-refractivity contribution in [1.82, 2.24) is 0 Å². The van der Waals surface area contributed by atoms with Crippen molar-refractivity contribution in [2.45, 2.75) is 70.8 Å². The van der Waals surface area contributed by atoms with Gasteiger partial charge in [0.15, 0.2) is 0 Å². The summed E-state index contributed by atoms with van der Waals surface area (Å²) in [7, 11) is 0. The molecule has 3 nitrogen and oxygen atoms in total. The first-order valence-corrected chi connectivity index (χ1v) is 21.9. The number of aryl methyl sites for hydroxylation is 2. The fourth-order valence-electron chi connectivity index (χ4n) is 10.4. The lowest BCUT2D eigenvalue weighted by Crippen LogP contribution is -2.38. The van der Waals surface area contributed by atoms with E-state index in [1.165, 1.54) is 72.3 Å². The minimum absolute atomic E-state index is 0.0273. The van der Waals surface area contributed by atoms with E-state index in [1.807, 2.05) is 0 Å². The van der Waals surface area contributed by atoms with Crippen molar-refractivity contribution in [1.29, 1.82) is 0 Å². The van der Waals surface area contributed by atoms with Gasteiger partial charge in [-0.05, 0) is 143 Å². The van der Waals surface area contributed by atoms with Gasteiger partial charge in [-0.2, -0.15) is 0 Å². The Balaban J connectivity index is 1.14. The molecule has 62 heavy (non-hydrogen) atoms. The van der Waals surface area contributed by atoms with E-state index in [2.05, 4.69) is 235 Å². The first-order valence-electron chi connectivity index (χ1n) is 21.9. The predicted octanol–water partition coefficient (Wildman–Crippen LogP) is 14.9. The van der Waals surface area contributed by atoms with Crippen molar-refractivity contribution >= 4 is 17.1 Å². The van der Waals surface area contributed by atoms with E-state index in [4.69, 9.17) is 10.5 Å². The first-order chi connectivity index (χ1) is 29.9. The first kappa shape index (κ1) is 39.5. The summed E-state index contributed by atoms with van der Waals surface area (Å²) in [6, 6.07) is 67.1. The van der Waals surface area contributed by atoms with Crippen LogP contribution < -0.4 is 15.4 Å². The Morgan fingerprint density at radius 2 is 0.984 bits per heavy atom. The summed E-state index contributed by atoms with van der Waals surface area (Å²) in [5.74, 6) is 1.59. The second-order valence-corrected chi connectivity index (χ2v) is 18.6. The smallest absolute Gasteiger partial charge is 0.127 e. The van der Waals surface area contributed by atoms with E-state index in [0.717, 1.165) is 28.6 Å². The third kappa shape index (κ3) is 6.21. The number of para-hydroxylation sites is 1. The summed E-state index contributed by atoms with van der Waals surface area (Å²) >= 11 is 0. The molecule has 2 N–H and O–H groups in total. The lowest BCUT2D eigenvalue weighted by Gasteiger charge is -2.35. The van der Waals surface area contributed by atoms with Crippen LogP contribution in [0.1, 0.15) is 84.7 Å². The van der Waals surface area contributed by atoms with Gasteiger partial charge in [0.25, 0.3) is 0 Å². The Hall–Kier alpha value is -6.68. The molecule has 0 saturated carbocycles. The summed E-state index contributed by atoms with van der Waals surface area (Å²) in [4.78, 5) is 2.44. The van der Waals surface area contributed by atoms with Gasteiger partial charge >= 0.3 is 0 Å². The molecular weight excluding hydrogens is 753 g/mol. The van der Waals surface area contributed by atoms with Gasteiger partial charge in [-0.1, -0.05) is 160 Å². The van der Waals surface area contributed by atoms with Crippen LogP contribution in [0.3, 0.4) is 0 Å². The van der Waals surface area contributed by atoms with Crippen molar-refractivity contribution in [3.63, 3.8) is 0 Å². The van der Waals surface area contributed by atoms with Crippen molar-refractivity contribution in [2.24, 2.45) is 5.73 Å². The summed E-state index contributed by atoms with van der Waals surface area (Å²) in [5.41, 5.74) is 25.4. The Labute approximate surface area is 367 Å². The molecule has 0 aliphatic heterocycles. The van der Waals surface area contributed by atoms with Gasteiger partial charge in [0.05, 0.1) is 5.41 Å². The molecule has 10 rings (SSSR count). The maximum Gasteiger partial charge on any atom is 0.127 e. The molecule has 0 bridgehead atoms. The monoisotopic (exact) mass is 806 g/mol. The van der Waals surface area contributed by atoms with E-state index >= 15 is 0 Å². The molecule has 0 heterocycles. The summed E-state index contributed by atoms with van der Waals surface area (Å²) in [6.45, 7) is 15.6. The number of nitrogens with two attached hydrogens (primary N) is 1. The number of hydrogen-bond acceptors (Lipinski definition) is 3. The highest BCUT2D eigenvalue weighted by molar-refractivity contribution is 5.91. The number of rotatable bonds is 9. The zero-order chi connectivity index (χ0) is 43.0. The van der Waals surface area contributed by atoms with Crippen LogP contribution in [0.25, 0.3) is 22.3 Å². The van der Waals surface area contributed by atoms with Crippen LogP contribution in [0.5, 0.6) is 11.5 Å². The minimum Gasteiger partial charge on any atom is -0.457 e. The van der Waals surface area contributed by atoms with Crippen molar-refractivity contribution < 1.29 is 4.74 Å². The second-order valence-electron chi connectivity index (χ2n) is 18.6. The van der Waals surface area contributed by atoms with Crippen LogP contribution in [0.4, 0.5) is 17.1 Å². The highest BCUT2D eigenvalue weighted by Gasteiger charge is 2.47. The number of anilines is 3. The molecule has 2 aliphatic carbocycles. The molecule has 0 aromatic heterocycles. The fraction of sp³-hybridized carbons (Fsp3) is 0.186. The van der Waals surface area contributed by atoms with Crippen molar-refractivity contribution in [3.05, 3.63) is 232 Å². The van der Waals surface area contributed by atoms with Gasteiger partial charge in [-0.3, -0.25) is 0 Å². The van der Waals surface area contributed by atoms with Crippen LogP contribution in [0.2, 0.25) is 0 Å². The molecular formula is C59H54N2O. The Morgan fingerprint density at radius 1 is 0.484 bits per heavy atom. The summed E-state index contributed by atoms with van der Waals surface area (Å²) in [5, 5.41) is 0. The third-order valence-electron chi connectivity index (χ3n) is 14.0. The number of nitrogens with zero attached hydrogens (tertiary/aromatic N) is 1. The van der Waals surface area contributed by atoms with E-state index in [0.29, 0.717) is 0 Å². The summed E-state index contributed by atoms with van der Waals surface area (Å²) < 4.78 is 6.52. The van der Waals surface area contributed by atoms with Crippen molar-refractivity contribution in [2.75, 3.05) is 4.90 Å². The molecule has 0 spiro atoms. The molecule has 0 amide bonds. The van der Waals surface area contributed by atoms with Crippen LogP contribution in [-0.2, 0) is 16.2 Å². The topological polar surface area (TPSA) is 38.5 Å². The van der Waals surface area contributed by atoms with E-state index in [-0.39, 0.29) is 16.9 Å². The minimum atomic E-state index is -0.604. The molecule has 2 aliphatic rings. The van der Waals surface area contributed by atoms with Gasteiger partial charge < -0.3 is 15.4 Å². The molecule has 3 heteroatoms. The summed E-state index contributed by atoms with van der Waals surface area (Å²) in [6.07, 6.45) is 0. The maximum atomic E-state index is 6.52. The van der Waals surface area contributed by atoms with E-state index < -0.39 is 5.41 Å². The standard InChI is InChI=1S/C59H54N2O/c1-38-33-39(2)35-43(34-38)59(42-23-29-48(30-24-42)62-47-27-21-41(22-28-47)57(4,5)40(3)60)54-20-14-12-18-50(54)52-32-26-46(37-56(52)59)61(44-15-9-8-10-16-44)45-25-31-51-49-17-11-13-19-53(49)58(6,7)55(51)36-45/h8-37,40H,60H2,1-7H3. The van der Waals surface area contributed by atoms with Gasteiger partial charge in [0, 0.05) is 33.9 Å². The third-order valence-corrected chi connectivity index (χ3v) is 14.0. The molecule has 8 aromatic carbocycles. The maximum absolute atomic E-state index is 6.52. The molecule has 306 valence electrons. The van der Waals surface area contributed by atoms with Crippen LogP contribution in [0, 0.1) is 13.8 Å². The van der Waals surface area contributed by atoms with E-state index in [1.54, 1.807) is 0 Å². The van der Waals surface area contributed by atoms with Crippen LogP contribution in [-0.4, -0.2) is 6.04 Å². The Morgan fingerprint density at radius 3 is 1.60 bits per heavy atom. The van der Waals surface area contributed by atoms with Crippen LogP contribution >= 0.6 is 0 Å². The number of hydrogen-bond donors (Lipinski definition) is 1. The molecule has 0 saturated heterocycles. The average molecular weight is 807 g/mol. The fourth-order valence-corrected chi connectivity index (χ4v) is 10.4. The molecule has 2 unspecified atom stereocenters. The Bertz CT molecular complexity index is 2960. The zero-order valence-electron chi connectivity index (χ0n) is 36.8. The van der Waals surface area contributed by atoms with Gasteiger partial charge in [-0.15, -0.1) is 0 Å². The van der Waals surface area contributed by atoms with Gasteiger partial charge in [0.2, 0.25) is 0 Å². The lowest BCUT2D eigenvalue weighted by atomic mass is 9.67. The van der Waals surface area contributed by atoms with Gasteiger partial charge in [0.1, 0.15) is 11.5 Å². The molecule has 2 atom stereocenters. The highest BCUT2D eigenvalue weighted by atomic mass is 16.5. The molecule has 0 fully saturated rings. The quantitative estimate of drug-likeness (QED) is 0.158. The largest absolute Gasteiger partial charge is 0.457 e. The normalized spacial score (nSPS) is 16.2. The highest BCUT2D eigenvalue weighted by Crippen LogP contribution is 2.58. The SMILES string of the molecule is Cc1cc(C)cc(C2(c3ccc(Oc4ccc(C(C)(C)C(C)N)cc4)cc3)c3ccccc3-c3ccc(N(c4ccccc4)c4ccc5c(c4)C(C)(C)c4ccccc4-5)cc32)c1. The number of benzene rings is 8. The lowest BCUT2D eigenvalue weighted by molar-refractivity contribution is 0.432. The second kappa shape index (κ2) is 14.8. The van der Waals surface area contributed by atoms with Crippen molar-refractivity contribution in [3.8, 4) is 33.8 Å². The van der Waals surface area contributed by atoms with E-state index in [9.17, 15) is 0 Å². The zero-order valence-corrected chi connectivity index (χ0v) is 36.8. The molecule has 0 radical (unpaired) electrons. The number of ether oxygens (including phenoxy) is 1. The molecule has 8 aromatic rings. The van der Waals surface area contributed by atoms with Crippen LogP contribution in [0.15, 0.2) is 182 Å². The average Bonchev–Trinajstić information content (AvgIpc) is 3.69. The predicted molar refractivity (Wildman–Crippen MR) is 259 cm³/mol. The number of fused-ring (bicyclic) bond motifs is 6. The Kier molecular flexibility index (Phi) is 9.39. The van der Waals surface area contributed by atoms with Gasteiger partial charge in [-0.25, -0.2) is 0 Å².